The fourth-order valence-electron chi connectivity index (χ4n) is 2.31. The highest BCUT2D eigenvalue weighted by atomic mass is 19.1. The molecule has 120 valence electrons. The van der Waals surface area contributed by atoms with Crippen molar-refractivity contribution in [3.8, 4) is 0 Å². The monoisotopic (exact) mass is 309 g/mol. The molecule has 1 saturated heterocycles. The molecule has 1 aromatic carbocycles. The van der Waals surface area contributed by atoms with E-state index in [0.29, 0.717) is 25.2 Å². The molecule has 4 N–H and O–H groups in total. The normalized spacial score (nSPS) is 20.6. The van der Waals surface area contributed by atoms with E-state index in [9.17, 15) is 19.1 Å². The molecule has 2 rings (SSSR count). The van der Waals surface area contributed by atoms with E-state index in [1.54, 1.807) is 6.07 Å². The van der Waals surface area contributed by atoms with Crippen LogP contribution in [-0.2, 0) is 16.0 Å². The summed E-state index contributed by atoms with van der Waals surface area (Å²) in [6.07, 6.45) is -0.432. The lowest BCUT2D eigenvalue weighted by Gasteiger charge is -2.14. The maximum absolute atomic E-state index is 13.0. The molecule has 1 heterocycles. The lowest BCUT2D eigenvalue weighted by Crippen LogP contribution is -2.41. The molecule has 0 aromatic heterocycles. The van der Waals surface area contributed by atoms with Crippen molar-refractivity contribution in [3.05, 3.63) is 35.6 Å². The molecule has 0 spiro atoms. The van der Waals surface area contributed by atoms with E-state index in [1.165, 1.54) is 18.2 Å². The van der Waals surface area contributed by atoms with E-state index in [1.807, 2.05) is 0 Å². The number of halogens is 1. The number of rotatable bonds is 6. The average Bonchev–Trinajstić information content (AvgIpc) is 2.88. The van der Waals surface area contributed by atoms with Crippen molar-refractivity contribution >= 4 is 11.8 Å². The topological polar surface area (TPSA) is 90.5 Å². The third-order valence-electron chi connectivity index (χ3n) is 3.57. The summed E-state index contributed by atoms with van der Waals surface area (Å²) >= 11 is 0. The van der Waals surface area contributed by atoms with E-state index in [2.05, 4.69) is 16.0 Å². The molecule has 1 aromatic rings. The minimum atomic E-state index is -0.456. The van der Waals surface area contributed by atoms with Gasteiger partial charge in [0, 0.05) is 25.6 Å². The molecule has 2 unspecified atom stereocenters. The molecule has 0 saturated carbocycles. The third kappa shape index (κ3) is 5.09. The average molecular weight is 309 g/mol. The zero-order valence-corrected chi connectivity index (χ0v) is 12.1. The van der Waals surface area contributed by atoms with Gasteiger partial charge in [-0.15, -0.1) is 0 Å². The van der Waals surface area contributed by atoms with Crippen LogP contribution in [0.2, 0.25) is 0 Å². The molecular formula is C15H20FN3O3. The van der Waals surface area contributed by atoms with Crippen LogP contribution in [0, 0.1) is 11.7 Å². The summed E-state index contributed by atoms with van der Waals surface area (Å²) in [5, 5.41) is 17.8. The van der Waals surface area contributed by atoms with Crippen molar-refractivity contribution in [1.29, 1.82) is 0 Å². The molecule has 1 aliphatic rings. The Hall–Kier alpha value is -1.99. The molecule has 2 atom stereocenters. The van der Waals surface area contributed by atoms with Gasteiger partial charge in [-0.05, 0) is 17.7 Å². The van der Waals surface area contributed by atoms with Crippen molar-refractivity contribution in [2.24, 2.45) is 5.92 Å². The van der Waals surface area contributed by atoms with E-state index in [0.717, 1.165) is 0 Å². The summed E-state index contributed by atoms with van der Waals surface area (Å²) in [6, 6.07) is 5.78. The van der Waals surface area contributed by atoms with Crippen LogP contribution in [0.1, 0.15) is 5.56 Å². The predicted molar refractivity (Wildman–Crippen MR) is 78.5 cm³/mol. The van der Waals surface area contributed by atoms with Crippen LogP contribution in [0.5, 0.6) is 0 Å². The molecule has 0 aliphatic carbocycles. The van der Waals surface area contributed by atoms with Gasteiger partial charge in [-0.1, -0.05) is 12.1 Å². The van der Waals surface area contributed by atoms with Crippen LogP contribution >= 0.6 is 0 Å². The minimum Gasteiger partial charge on any atom is -0.391 e. The Balaban J connectivity index is 1.66. The molecule has 22 heavy (non-hydrogen) atoms. The first-order valence-corrected chi connectivity index (χ1v) is 7.21. The van der Waals surface area contributed by atoms with Gasteiger partial charge < -0.3 is 21.1 Å². The molecule has 0 radical (unpaired) electrons. The van der Waals surface area contributed by atoms with Crippen molar-refractivity contribution < 1.29 is 19.1 Å². The Morgan fingerprint density at radius 1 is 1.27 bits per heavy atom. The lowest BCUT2D eigenvalue weighted by molar-refractivity contribution is -0.125. The number of β-amino-alcohol motifs (C(OH)–C–C–N with tert-alkyl or cyclic N) is 1. The number of nitrogens with one attached hydrogen (secondary N) is 3. The van der Waals surface area contributed by atoms with Gasteiger partial charge in [0.05, 0.1) is 19.1 Å². The number of hydrogen-bond donors (Lipinski definition) is 4. The van der Waals surface area contributed by atoms with E-state index >= 15 is 0 Å². The molecule has 7 heteroatoms. The fraction of sp³-hybridized carbons (Fsp3) is 0.467. The van der Waals surface area contributed by atoms with Crippen molar-refractivity contribution in [1.82, 2.24) is 16.0 Å². The summed E-state index contributed by atoms with van der Waals surface area (Å²) in [5.41, 5.74) is 0.554. The summed E-state index contributed by atoms with van der Waals surface area (Å²) in [7, 11) is 0. The maximum Gasteiger partial charge on any atom is 0.239 e. The van der Waals surface area contributed by atoms with Crippen molar-refractivity contribution in [3.63, 3.8) is 0 Å². The van der Waals surface area contributed by atoms with E-state index < -0.39 is 11.9 Å². The highest BCUT2D eigenvalue weighted by molar-refractivity contribution is 5.85. The second kappa shape index (κ2) is 7.86. The van der Waals surface area contributed by atoms with Gasteiger partial charge in [-0.2, -0.15) is 0 Å². The van der Waals surface area contributed by atoms with Gasteiger partial charge in [-0.25, -0.2) is 4.39 Å². The second-order valence-electron chi connectivity index (χ2n) is 5.37. The van der Waals surface area contributed by atoms with Crippen LogP contribution in [0.15, 0.2) is 24.3 Å². The lowest BCUT2D eigenvalue weighted by atomic mass is 10.1. The number of benzene rings is 1. The molecule has 2 amide bonds. The number of hydrogen-bond acceptors (Lipinski definition) is 4. The van der Waals surface area contributed by atoms with Gasteiger partial charge in [0.2, 0.25) is 11.8 Å². The smallest absolute Gasteiger partial charge is 0.239 e. The number of aliphatic hydroxyl groups excluding tert-OH is 1. The molecular weight excluding hydrogens is 289 g/mol. The first-order chi connectivity index (χ1) is 10.5. The van der Waals surface area contributed by atoms with Gasteiger partial charge in [0.25, 0.3) is 0 Å². The predicted octanol–water partition coefficient (Wildman–Crippen LogP) is -0.819. The molecule has 6 nitrogen and oxygen atoms in total. The highest BCUT2D eigenvalue weighted by Gasteiger charge is 2.24. The van der Waals surface area contributed by atoms with Crippen LogP contribution in [0.4, 0.5) is 4.39 Å². The van der Waals surface area contributed by atoms with Crippen LogP contribution in [-0.4, -0.2) is 49.2 Å². The van der Waals surface area contributed by atoms with Gasteiger partial charge in [0.15, 0.2) is 0 Å². The molecule has 0 bridgehead atoms. The van der Waals surface area contributed by atoms with Gasteiger partial charge >= 0.3 is 0 Å². The number of carbonyl (C=O) groups is 2. The Morgan fingerprint density at radius 2 is 2.09 bits per heavy atom. The van der Waals surface area contributed by atoms with Crippen molar-refractivity contribution in [2.45, 2.75) is 12.5 Å². The third-order valence-corrected chi connectivity index (χ3v) is 3.57. The highest BCUT2D eigenvalue weighted by Crippen LogP contribution is 2.06. The summed E-state index contributed by atoms with van der Waals surface area (Å²) in [4.78, 5) is 23.3. The zero-order valence-electron chi connectivity index (χ0n) is 12.1. The zero-order chi connectivity index (χ0) is 15.9. The Bertz CT molecular complexity index is 539. The number of aliphatic hydroxyl groups is 1. The second-order valence-corrected chi connectivity index (χ2v) is 5.37. The largest absolute Gasteiger partial charge is 0.391 e. The van der Waals surface area contributed by atoms with Gasteiger partial charge in [-0.3, -0.25) is 9.59 Å². The van der Waals surface area contributed by atoms with E-state index in [-0.39, 0.29) is 30.7 Å². The maximum atomic E-state index is 13.0. The SMILES string of the molecule is O=C(CNC(=O)Cc1cccc(F)c1)NCC1CNCC1O. The summed E-state index contributed by atoms with van der Waals surface area (Å²) in [6.45, 7) is 1.43. The number of carbonyl (C=O) groups excluding carboxylic acids is 2. The Labute approximate surface area is 128 Å². The Kier molecular flexibility index (Phi) is 5.85. The standard InChI is InChI=1S/C15H20FN3O3/c16-12-3-1-2-10(4-12)5-14(21)19-9-15(22)18-7-11-6-17-8-13(11)20/h1-4,11,13,17,20H,5-9H2,(H,18,22)(H,19,21). The minimum absolute atomic E-state index is 0.00746. The Morgan fingerprint density at radius 3 is 2.77 bits per heavy atom. The fourth-order valence-corrected chi connectivity index (χ4v) is 2.31. The molecule has 1 aliphatic heterocycles. The quantitative estimate of drug-likeness (QED) is 0.553. The van der Waals surface area contributed by atoms with Crippen molar-refractivity contribution in [2.75, 3.05) is 26.2 Å². The first kappa shape index (κ1) is 16.4. The van der Waals surface area contributed by atoms with Crippen LogP contribution in [0.25, 0.3) is 0 Å². The van der Waals surface area contributed by atoms with Gasteiger partial charge in [0.1, 0.15) is 5.82 Å². The molecule has 1 fully saturated rings. The van der Waals surface area contributed by atoms with Crippen LogP contribution < -0.4 is 16.0 Å². The number of amides is 2. The summed E-state index contributed by atoms with van der Waals surface area (Å²) < 4.78 is 13.0. The van der Waals surface area contributed by atoms with E-state index in [4.69, 9.17) is 0 Å². The van der Waals surface area contributed by atoms with Crippen LogP contribution in [0.3, 0.4) is 0 Å². The first-order valence-electron chi connectivity index (χ1n) is 7.21. The summed E-state index contributed by atoms with van der Waals surface area (Å²) in [5.74, 6) is -1.06.